The highest BCUT2D eigenvalue weighted by Gasteiger charge is 2.29. The van der Waals surface area contributed by atoms with Gasteiger partial charge in [-0.1, -0.05) is 27.7 Å². The summed E-state index contributed by atoms with van der Waals surface area (Å²) in [6.45, 7) is 7.98. The number of carbonyl (C=O) groups excluding carboxylic acids is 1. The maximum absolute atomic E-state index is 11.8. The highest BCUT2D eigenvalue weighted by Crippen LogP contribution is 2.29. The predicted octanol–water partition coefficient (Wildman–Crippen LogP) is 2.88. The Morgan fingerprint density at radius 2 is 1.60 bits per heavy atom. The number of carbonyl (C=O) groups is 2. The van der Waals surface area contributed by atoms with Crippen LogP contribution in [0.3, 0.4) is 0 Å². The van der Waals surface area contributed by atoms with E-state index in [0.29, 0.717) is 25.2 Å². The fourth-order valence-electron chi connectivity index (χ4n) is 1.21. The molecule has 0 heterocycles. The van der Waals surface area contributed by atoms with Gasteiger partial charge in [-0.05, 0) is 18.8 Å². The second-order valence-corrected chi connectivity index (χ2v) is 4.90. The second-order valence-electron chi connectivity index (χ2n) is 4.90. The molecule has 0 atom stereocenters. The van der Waals surface area contributed by atoms with Crippen molar-refractivity contribution in [3.05, 3.63) is 0 Å². The Morgan fingerprint density at radius 1 is 1.13 bits per heavy atom. The maximum atomic E-state index is 11.8. The number of Topliss-reactive ketones (excluding diaryl/α,β-unsaturated/α-hetero) is 1. The molecule has 0 aromatic carbocycles. The van der Waals surface area contributed by atoms with Crippen LogP contribution < -0.4 is 0 Å². The molecule has 0 unspecified atom stereocenters. The standard InChI is InChI=1S/C12H22O3/c1-9(2)12(3,4)10(13)7-5-6-8-11(14)15/h9H,5-8H2,1-4H3,(H,14,15). The Hall–Kier alpha value is -0.860. The number of hydrogen-bond acceptors (Lipinski definition) is 2. The highest BCUT2D eigenvalue weighted by atomic mass is 16.4. The van der Waals surface area contributed by atoms with Gasteiger partial charge in [0.1, 0.15) is 5.78 Å². The van der Waals surface area contributed by atoms with E-state index in [9.17, 15) is 9.59 Å². The van der Waals surface area contributed by atoms with Crippen molar-refractivity contribution >= 4 is 11.8 Å². The average Bonchev–Trinajstić information content (AvgIpc) is 2.11. The fraction of sp³-hybridized carbons (Fsp3) is 0.833. The lowest BCUT2D eigenvalue weighted by molar-refractivity contribution is -0.137. The highest BCUT2D eigenvalue weighted by molar-refractivity contribution is 5.84. The zero-order chi connectivity index (χ0) is 12.1. The summed E-state index contributed by atoms with van der Waals surface area (Å²) in [5, 5.41) is 8.44. The summed E-state index contributed by atoms with van der Waals surface area (Å²) in [5.41, 5.74) is -0.288. The molecule has 0 aromatic rings. The van der Waals surface area contributed by atoms with Gasteiger partial charge in [-0.3, -0.25) is 9.59 Å². The van der Waals surface area contributed by atoms with Crippen molar-refractivity contribution in [3.63, 3.8) is 0 Å². The summed E-state index contributed by atoms with van der Waals surface area (Å²) in [6.07, 6.45) is 1.93. The van der Waals surface area contributed by atoms with Gasteiger partial charge in [0, 0.05) is 18.3 Å². The van der Waals surface area contributed by atoms with Crippen LogP contribution in [0.5, 0.6) is 0 Å². The molecule has 0 amide bonds. The second kappa shape index (κ2) is 5.89. The van der Waals surface area contributed by atoms with Gasteiger partial charge < -0.3 is 5.11 Å². The molecule has 3 heteroatoms. The van der Waals surface area contributed by atoms with Gasteiger partial charge in [-0.2, -0.15) is 0 Å². The Morgan fingerprint density at radius 3 is 2.00 bits per heavy atom. The molecule has 0 aromatic heterocycles. The average molecular weight is 214 g/mol. The third-order valence-corrected chi connectivity index (χ3v) is 3.21. The first-order chi connectivity index (χ1) is 6.78. The van der Waals surface area contributed by atoms with Crippen molar-refractivity contribution in [1.29, 1.82) is 0 Å². The Bertz CT molecular complexity index is 229. The Labute approximate surface area is 91.9 Å². The van der Waals surface area contributed by atoms with Crippen LogP contribution >= 0.6 is 0 Å². The van der Waals surface area contributed by atoms with Crippen LogP contribution in [0.1, 0.15) is 53.4 Å². The molecule has 88 valence electrons. The van der Waals surface area contributed by atoms with Crippen LogP contribution in [-0.4, -0.2) is 16.9 Å². The van der Waals surface area contributed by atoms with Crippen molar-refractivity contribution in [3.8, 4) is 0 Å². The molecule has 0 radical (unpaired) electrons. The summed E-state index contributed by atoms with van der Waals surface area (Å²) in [7, 11) is 0. The summed E-state index contributed by atoms with van der Waals surface area (Å²) >= 11 is 0. The third kappa shape index (κ3) is 4.96. The topological polar surface area (TPSA) is 54.4 Å². The molecule has 15 heavy (non-hydrogen) atoms. The van der Waals surface area contributed by atoms with Crippen molar-refractivity contribution in [2.45, 2.75) is 53.4 Å². The molecule has 0 spiro atoms. The third-order valence-electron chi connectivity index (χ3n) is 3.21. The van der Waals surface area contributed by atoms with Crippen LogP contribution in [-0.2, 0) is 9.59 Å². The molecule has 0 fully saturated rings. The fourth-order valence-corrected chi connectivity index (χ4v) is 1.21. The van der Waals surface area contributed by atoms with Gasteiger partial charge in [-0.15, -0.1) is 0 Å². The van der Waals surface area contributed by atoms with E-state index in [0.717, 1.165) is 0 Å². The van der Waals surface area contributed by atoms with E-state index in [1.807, 2.05) is 27.7 Å². The molecule has 0 aliphatic carbocycles. The number of rotatable bonds is 7. The molecule has 0 rings (SSSR count). The molecular weight excluding hydrogens is 192 g/mol. The van der Waals surface area contributed by atoms with Gasteiger partial charge in [0.15, 0.2) is 0 Å². The summed E-state index contributed by atoms with van der Waals surface area (Å²) in [4.78, 5) is 22.1. The number of aliphatic carboxylic acids is 1. The first-order valence-electron chi connectivity index (χ1n) is 5.53. The molecule has 0 saturated heterocycles. The zero-order valence-electron chi connectivity index (χ0n) is 10.2. The molecule has 1 N–H and O–H groups in total. The van der Waals surface area contributed by atoms with Crippen LogP contribution in [0.25, 0.3) is 0 Å². The lowest BCUT2D eigenvalue weighted by Gasteiger charge is -2.27. The molecule has 0 saturated carbocycles. The maximum Gasteiger partial charge on any atom is 0.303 e. The van der Waals surface area contributed by atoms with E-state index < -0.39 is 5.97 Å². The van der Waals surface area contributed by atoms with E-state index in [1.54, 1.807) is 0 Å². The minimum Gasteiger partial charge on any atom is -0.481 e. The monoisotopic (exact) mass is 214 g/mol. The van der Waals surface area contributed by atoms with Gasteiger partial charge in [0.05, 0.1) is 0 Å². The van der Waals surface area contributed by atoms with E-state index in [-0.39, 0.29) is 17.6 Å². The number of carboxylic acids is 1. The molecule has 0 aliphatic rings. The number of unbranched alkanes of at least 4 members (excludes halogenated alkanes) is 1. The molecule has 3 nitrogen and oxygen atoms in total. The van der Waals surface area contributed by atoms with Crippen molar-refractivity contribution in [2.75, 3.05) is 0 Å². The van der Waals surface area contributed by atoms with Crippen LogP contribution in [0.15, 0.2) is 0 Å². The summed E-state index contributed by atoms with van der Waals surface area (Å²) in [5.74, 6) is -0.224. The number of carboxylic acid groups (broad SMARTS) is 1. The van der Waals surface area contributed by atoms with Gasteiger partial charge in [-0.25, -0.2) is 0 Å². The van der Waals surface area contributed by atoms with Crippen molar-refractivity contribution in [2.24, 2.45) is 11.3 Å². The van der Waals surface area contributed by atoms with Gasteiger partial charge >= 0.3 is 5.97 Å². The first-order valence-corrected chi connectivity index (χ1v) is 5.53. The minimum absolute atomic E-state index is 0.162. The smallest absolute Gasteiger partial charge is 0.303 e. The molecule has 0 aliphatic heterocycles. The van der Waals surface area contributed by atoms with Crippen molar-refractivity contribution < 1.29 is 14.7 Å². The largest absolute Gasteiger partial charge is 0.481 e. The van der Waals surface area contributed by atoms with Crippen LogP contribution in [0.2, 0.25) is 0 Å². The predicted molar refractivity (Wildman–Crippen MR) is 59.7 cm³/mol. The summed E-state index contributed by atoms with van der Waals surface area (Å²) in [6, 6.07) is 0. The SMILES string of the molecule is CC(C)C(C)(C)C(=O)CCCCC(=O)O. The lowest BCUT2D eigenvalue weighted by atomic mass is 9.76. The van der Waals surface area contributed by atoms with Crippen molar-refractivity contribution in [1.82, 2.24) is 0 Å². The Balaban J connectivity index is 3.89. The van der Waals surface area contributed by atoms with Crippen LogP contribution in [0.4, 0.5) is 0 Å². The zero-order valence-corrected chi connectivity index (χ0v) is 10.2. The molecular formula is C12H22O3. The lowest BCUT2D eigenvalue weighted by Crippen LogP contribution is -2.29. The van der Waals surface area contributed by atoms with E-state index in [1.165, 1.54) is 0 Å². The minimum atomic E-state index is -0.787. The summed E-state index contributed by atoms with van der Waals surface area (Å²) < 4.78 is 0. The normalized spacial score (nSPS) is 11.8. The Kier molecular flexibility index (Phi) is 5.55. The number of hydrogen-bond donors (Lipinski definition) is 1. The van der Waals surface area contributed by atoms with E-state index in [4.69, 9.17) is 5.11 Å². The van der Waals surface area contributed by atoms with E-state index in [2.05, 4.69) is 0 Å². The van der Waals surface area contributed by atoms with Crippen LogP contribution in [0, 0.1) is 11.3 Å². The first kappa shape index (κ1) is 14.1. The number of ketones is 1. The van der Waals surface area contributed by atoms with Gasteiger partial charge in [0.25, 0.3) is 0 Å². The van der Waals surface area contributed by atoms with E-state index >= 15 is 0 Å². The van der Waals surface area contributed by atoms with Gasteiger partial charge in [0.2, 0.25) is 0 Å². The molecule has 0 bridgehead atoms. The quantitative estimate of drug-likeness (QED) is 0.663.